The zero-order valence-corrected chi connectivity index (χ0v) is 14.7. The number of rotatable bonds is 6. The molecule has 1 aliphatic rings. The molecule has 3 aromatic rings. The first-order valence-corrected chi connectivity index (χ1v) is 8.50. The number of hydrogen-bond donors (Lipinski definition) is 1. The quantitative estimate of drug-likeness (QED) is 0.722. The molecule has 0 fully saturated rings. The minimum Gasteiger partial charge on any atom is -0.481 e. The van der Waals surface area contributed by atoms with Crippen LogP contribution < -0.4 is 19.5 Å². The van der Waals surface area contributed by atoms with Crippen molar-refractivity contribution < 1.29 is 23.4 Å². The summed E-state index contributed by atoms with van der Waals surface area (Å²) in [5.41, 5.74) is 2.63. The molecule has 7 heteroatoms. The molecule has 0 radical (unpaired) electrons. The first-order valence-electron chi connectivity index (χ1n) is 8.50. The third-order valence-corrected chi connectivity index (χ3v) is 4.13. The normalized spacial score (nSPS) is 13.2. The molecule has 1 aliphatic heterocycles. The molecule has 0 unspecified atom stereocenters. The van der Waals surface area contributed by atoms with Crippen LogP contribution in [-0.2, 0) is 11.3 Å². The van der Waals surface area contributed by atoms with Crippen molar-refractivity contribution in [1.29, 1.82) is 0 Å². The second-order valence-corrected chi connectivity index (χ2v) is 6.06. The van der Waals surface area contributed by atoms with Crippen LogP contribution in [0.5, 0.6) is 17.2 Å². The number of benzene rings is 1. The second-order valence-electron chi connectivity index (χ2n) is 6.06. The summed E-state index contributed by atoms with van der Waals surface area (Å²) in [5, 5.41) is 2.85. The molecule has 27 heavy (non-hydrogen) atoms. The number of furan rings is 1. The van der Waals surface area contributed by atoms with Crippen molar-refractivity contribution in [3.05, 3.63) is 60.7 Å². The summed E-state index contributed by atoms with van der Waals surface area (Å²) in [6, 6.07) is 10.9. The molecule has 0 saturated carbocycles. The predicted octanol–water partition coefficient (Wildman–Crippen LogP) is 3.15. The van der Waals surface area contributed by atoms with Gasteiger partial charge in [0.1, 0.15) is 5.75 Å². The number of carbonyl (C=O) groups excluding carboxylic acids is 1. The zero-order chi connectivity index (χ0) is 18.6. The molecule has 3 heterocycles. The van der Waals surface area contributed by atoms with Crippen LogP contribution >= 0.6 is 0 Å². The van der Waals surface area contributed by atoms with Gasteiger partial charge in [0, 0.05) is 24.4 Å². The highest BCUT2D eigenvalue weighted by Gasteiger charge is 2.18. The predicted molar refractivity (Wildman–Crippen MR) is 96.4 cm³/mol. The van der Waals surface area contributed by atoms with Crippen LogP contribution in [0.15, 0.2) is 59.5 Å². The fourth-order valence-electron chi connectivity index (χ4n) is 2.65. The van der Waals surface area contributed by atoms with Gasteiger partial charge in [-0.3, -0.25) is 9.78 Å². The van der Waals surface area contributed by atoms with Crippen molar-refractivity contribution in [2.24, 2.45) is 0 Å². The lowest BCUT2D eigenvalue weighted by Crippen LogP contribution is -2.35. The summed E-state index contributed by atoms with van der Waals surface area (Å²) >= 11 is 0. The van der Waals surface area contributed by atoms with Gasteiger partial charge in [0.2, 0.25) is 6.79 Å². The Labute approximate surface area is 155 Å². The largest absolute Gasteiger partial charge is 0.481 e. The van der Waals surface area contributed by atoms with Gasteiger partial charge in [-0.1, -0.05) is 6.07 Å². The second kappa shape index (κ2) is 7.41. The SMILES string of the molecule is C[C@H](Oc1ccc2c(c1)OCO2)C(=O)NCc1ccc(-c2ccoc2)nc1. The molecule has 1 aromatic carbocycles. The van der Waals surface area contributed by atoms with Crippen LogP contribution in [0, 0.1) is 0 Å². The molecule has 4 rings (SSSR count). The molecule has 138 valence electrons. The number of amides is 1. The van der Waals surface area contributed by atoms with Crippen molar-refractivity contribution >= 4 is 5.91 Å². The lowest BCUT2D eigenvalue weighted by molar-refractivity contribution is -0.127. The summed E-state index contributed by atoms with van der Waals surface area (Å²) in [6.07, 6.45) is 4.32. The van der Waals surface area contributed by atoms with Crippen LogP contribution in [0.1, 0.15) is 12.5 Å². The number of pyridine rings is 1. The van der Waals surface area contributed by atoms with E-state index in [9.17, 15) is 4.79 Å². The fraction of sp³-hybridized carbons (Fsp3) is 0.200. The van der Waals surface area contributed by atoms with Gasteiger partial charge in [0.15, 0.2) is 17.6 Å². The average Bonchev–Trinajstić information content (AvgIpc) is 3.38. The standard InChI is InChI=1S/C20H18N2O5/c1-13(27-16-3-5-18-19(8-16)26-12-25-18)20(23)22-10-14-2-4-17(21-9-14)15-6-7-24-11-15/h2-9,11,13H,10,12H2,1H3,(H,22,23)/t13-/m0/s1. The number of nitrogens with one attached hydrogen (secondary N) is 1. The van der Waals surface area contributed by atoms with E-state index < -0.39 is 6.10 Å². The number of hydrogen-bond acceptors (Lipinski definition) is 6. The van der Waals surface area contributed by atoms with Gasteiger partial charge in [-0.05, 0) is 36.8 Å². The minimum atomic E-state index is -0.650. The summed E-state index contributed by atoms with van der Waals surface area (Å²) in [5.74, 6) is 1.62. The van der Waals surface area contributed by atoms with Crippen LogP contribution in [-0.4, -0.2) is 23.8 Å². The van der Waals surface area contributed by atoms with Gasteiger partial charge in [-0.25, -0.2) is 0 Å². The van der Waals surface area contributed by atoms with Crippen LogP contribution in [0.2, 0.25) is 0 Å². The summed E-state index contributed by atoms with van der Waals surface area (Å²) < 4.78 is 21.3. The van der Waals surface area contributed by atoms with Crippen molar-refractivity contribution in [2.45, 2.75) is 19.6 Å². The fourth-order valence-corrected chi connectivity index (χ4v) is 2.65. The highest BCUT2D eigenvalue weighted by molar-refractivity contribution is 5.80. The van der Waals surface area contributed by atoms with Gasteiger partial charge in [0.05, 0.1) is 18.2 Å². The van der Waals surface area contributed by atoms with Crippen LogP contribution in [0.3, 0.4) is 0 Å². The van der Waals surface area contributed by atoms with E-state index in [1.54, 1.807) is 43.8 Å². The summed E-state index contributed by atoms with van der Waals surface area (Å²) in [7, 11) is 0. The maximum atomic E-state index is 12.3. The van der Waals surface area contributed by atoms with Crippen molar-refractivity contribution in [3.8, 4) is 28.5 Å². The van der Waals surface area contributed by atoms with Crippen LogP contribution in [0.25, 0.3) is 11.3 Å². The Morgan fingerprint density at radius 2 is 2.11 bits per heavy atom. The van der Waals surface area contributed by atoms with Gasteiger partial charge in [-0.15, -0.1) is 0 Å². The Hall–Kier alpha value is -3.48. The minimum absolute atomic E-state index is 0.197. The monoisotopic (exact) mass is 366 g/mol. The van der Waals surface area contributed by atoms with E-state index in [2.05, 4.69) is 10.3 Å². The Morgan fingerprint density at radius 3 is 2.89 bits per heavy atom. The molecule has 0 bridgehead atoms. The Balaban J connectivity index is 1.31. The maximum absolute atomic E-state index is 12.3. The van der Waals surface area contributed by atoms with Gasteiger partial charge in [-0.2, -0.15) is 0 Å². The maximum Gasteiger partial charge on any atom is 0.261 e. The summed E-state index contributed by atoms with van der Waals surface area (Å²) in [4.78, 5) is 16.7. The number of aromatic nitrogens is 1. The van der Waals surface area contributed by atoms with E-state index in [4.69, 9.17) is 18.6 Å². The van der Waals surface area contributed by atoms with E-state index in [1.807, 2.05) is 18.2 Å². The van der Waals surface area contributed by atoms with Crippen molar-refractivity contribution in [1.82, 2.24) is 10.3 Å². The molecule has 1 N–H and O–H groups in total. The molecule has 7 nitrogen and oxygen atoms in total. The smallest absolute Gasteiger partial charge is 0.261 e. The number of fused-ring (bicyclic) bond motifs is 1. The van der Waals surface area contributed by atoms with Gasteiger partial charge < -0.3 is 23.9 Å². The summed E-state index contributed by atoms with van der Waals surface area (Å²) in [6.45, 7) is 2.26. The van der Waals surface area contributed by atoms with Crippen LogP contribution in [0.4, 0.5) is 0 Å². The van der Waals surface area contributed by atoms with Crippen molar-refractivity contribution in [3.63, 3.8) is 0 Å². The first kappa shape index (κ1) is 17.0. The lowest BCUT2D eigenvalue weighted by Gasteiger charge is -2.15. The topological polar surface area (TPSA) is 82.8 Å². The lowest BCUT2D eigenvalue weighted by atomic mass is 10.2. The number of nitrogens with zero attached hydrogens (tertiary/aromatic N) is 1. The third-order valence-electron chi connectivity index (χ3n) is 4.13. The Kier molecular flexibility index (Phi) is 4.65. The molecular formula is C20H18N2O5. The Morgan fingerprint density at radius 1 is 1.22 bits per heavy atom. The number of carbonyl (C=O) groups is 1. The molecule has 1 amide bonds. The van der Waals surface area contributed by atoms with E-state index in [0.717, 1.165) is 16.8 Å². The van der Waals surface area contributed by atoms with Gasteiger partial charge >= 0.3 is 0 Å². The van der Waals surface area contributed by atoms with Crippen molar-refractivity contribution in [2.75, 3.05) is 6.79 Å². The molecule has 1 atom stereocenters. The van der Waals surface area contributed by atoms with E-state index in [1.165, 1.54) is 0 Å². The zero-order valence-electron chi connectivity index (χ0n) is 14.7. The number of ether oxygens (including phenoxy) is 3. The first-order chi connectivity index (χ1) is 13.2. The van der Waals surface area contributed by atoms with E-state index in [-0.39, 0.29) is 12.7 Å². The molecular weight excluding hydrogens is 348 g/mol. The van der Waals surface area contributed by atoms with E-state index in [0.29, 0.717) is 23.8 Å². The van der Waals surface area contributed by atoms with E-state index >= 15 is 0 Å². The molecule has 0 spiro atoms. The highest BCUT2D eigenvalue weighted by atomic mass is 16.7. The molecule has 0 saturated heterocycles. The average molecular weight is 366 g/mol. The molecule has 2 aromatic heterocycles. The Bertz CT molecular complexity index is 922. The highest BCUT2D eigenvalue weighted by Crippen LogP contribution is 2.35. The molecule has 0 aliphatic carbocycles. The third kappa shape index (κ3) is 3.87. The van der Waals surface area contributed by atoms with Gasteiger partial charge in [0.25, 0.3) is 5.91 Å².